The molecule has 0 N–H and O–H groups in total. The Morgan fingerprint density at radius 2 is 1.56 bits per heavy atom. The van der Waals surface area contributed by atoms with Crippen LogP contribution >= 0.6 is 31.9 Å². The minimum absolute atomic E-state index is 0.237. The number of halogens is 5. The highest BCUT2D eigenvalue weighted by Crippen LogP contribution is 2.38. The van der Waals surface area contributed by atoms with Crippen LogP contribution in [0.3, 0.4) is 0 Å². The number of hydrogen-bond acceptors (Lipinski definition) is 3. The van der Waals surface area contributed by atoms with Gasteiger partial charge in [0.1, 0.15) is 11.5 Å². The van der Waals surface area contributed by atoms with Crippen LogP contribution in [0.4, 0.5) is 24.5 Å². The molecule has 4 nitrogen and oxygen atoms in total. The lowest BCUT2D eigenvalue weighted by atomic mass is 10.0. The quantitative estimate of drug-likeness (QED) is 0.330. The smallest absolute Gasteiger partial charge is 0.406 e. The van der Waals surface area contributed by atoms with E-state index in [-0.39, 0.29) is 18.1 Å². The van der Waals surface area contributed by atoms with Gasteiger partial charge in [-0.05, 0) is 66.2 Å². The van der Waals surface area contributed by atoms with Crippen molar-refractivity contribution in [3.63, 3.8) is 0 Å². The van der Waals surface area contributed by atoms with Crippen molar-refractivity contribution < 1.29 is 22.7 Å². The Morgan fingerprint density at radius 3 is 2.19 bits per heavy atom. The highest BCUT2D eigenvalue weighted by atomic mass is 79.9. The maximum atomic E-state index is 13.3. The van der Waals surface area contributed by atoms with Gasteiger partial charge in [0.15, 0.2) is 0 Å². The molecule has 1 saturated heterocycles. The minimum Gasteiger partial charge on any atom is -0.406 e. The predicted molar refractivity (Wildman–Crippen MR) is 123 cm³/mol. The van der Waals surface area contributed by atoms with Crippen LogP contribution in [0.2, 0.25) is 0 Å². The highest BCUT2D eigenvalue weighted by molar-refractivity contribution is 9.10. The second kappa shape index (κ2) is 9.07. The summed E-state index contributed by atoms with van der Waals surface area (Å²) in [6, 6.07) is 19.5. The van der Waals surface area contributed by atoms with E-state index in [2.05, 4.69) is 41.6 Å². The van der Waals surface area contributed by atoms with Crippen LogP contribution in [-0.4, -0.2) is 18.0 Å². The normalized spacial score (nSPS) is 17.8. The lowest BCUT2D eigenvalue weighted by Crippen LogP contribution is -2.29. The number of amides is 1. The number of alkyl halides is 3. The van der Waals surface area contributed by atoms with Crippen LogP contribution in [0.1, 0.15) is 18.0 Å². The molecule has 1 aliphatic heterocycles. The molecule has 1 aliphatic rings. The Labute approximate surface area is 199 Å². The van der Waals surface area contributed by atoms with Crippen molar-refractivity contribution in [1.82, 2.24) is 0 Å². The van der Waals surface area contributed by atoms with Gasteiger partial charge in [0, 0.05) is 21.1 Å². The average Bonchev–Trinajstić information content (AvgIpc) is 3.05. The number of carbonyl (C=O) groups is 1. The number of anilines is 1. The Morgan fingerprint density at radius 1 is 0.938 bits per heavy atom. The first kappa shape index (κ1) is 22.5. The van der Waals surface area contributed by atoms with Crippen LogP contribution < -0.4 is 9.64 Å². The molecule has 0 radical (unpaired) electrons. The van der Waals surface area contributed by atoms with Crippen molar-refractivity contribution in [2.75, 3.05) is 4.90 Å². The molecule has 1 amide bonds. The molecule has 1 unspecified atom stereocenters. The van der Waals surface area contributed by atoms with Crippen LogP contribution in [0.15, 0.2) is 86.7 Å². The lowest BCUT2D eigenvalue weighted by molar-refractivity contribution is -0.274. The highest BCUT2D eigenvalue weighted by Gasteiger charge is 2.39. The number of aliphatic imine (C=N–C) groups is 1. The maximum Gasteiger partial charge on any atom is 0.573 e. The minimum atomic E-state index is -4.80. The third-order valence-corrected chi connectivity index (χ3v) is 5.89. The van der Waals surface area contributed by atoms with Gasteiger partial charge in [-0.15, -0.1) is 13.2 Å². The number of carbonyl (C=O) groups excluding carboxylic acids is 1. The number of hydrogen-bond donors (Lipinski definition) is 0. The number of rotatable bonds is 4. The van der Waals surface area contributed by atoms with E-state index >= 15 is 0 Å². The van der Waals surface area contributed by atoms with Crippen molar-refractivity contribution in [3.8, 4) is 5.75 Å². The molecule has 0 aromatic heterocycles. The SMILES string of the molecule is O=C1C(=Nc2ccc(Br)cc2)CC(c2cccc(OC(F)(F)F)c2)N1c1ccc(Br)cc1. The van der Waals surface area contributed by atoms with E-state index < -0.39 is 12.4 Å². The zero-order valence-electron chi connectivity index (χ0n) is 16.3. The molecule has 3 aromatic rings. The first-order chi connectivity index (χ1) is 15.2. The van der Waals surface area contributed by atoms with Gasteiger partial charge in [-0.1, -0.05) is 44.0 Å². The molecule has 4 rings (SSSR count). The molecule has 1 heterocycles. The third kappa shape index (κ3) is 5.21. The summed E-state index contributed by atoms with van der Waals surface area (Å²) in [5.74, 6) is -0.640. The first-order valence-electron chi connectivity index (χ1n) is 9.47. The third-order valence-electron chi connectivity index (χ3n) is 4.84. The topological polar surface area (TPSA) is 41.9 Å². The fourth-order valence-corrected chi connectivity index (χ4v) is 4.02. The summed E-state index contributed by atoms with van der Waals surface area (Å²) in [4.78, 5) is 19.4. The Kier molecular flexibility index (Phi) is 6.39. The van der Waals surface area contributed by atoms with E-state index in [4.69, 9.17) is 0 Å². The van der Waals surface area contributed by atoms with Crippen molar-refractivity contribution in [2.45, 2.75) is 18.8 Å². The summed E-state index contributed by atoms with van der Waals surface area (Å²) in [6.45, 7) is 0. The molecule has 9 heteroatoms. The predicted octanol–water partition coefficient (Wildman–Crippen LogP) is 7.36. The molecule has 3 aromatic carbocycles. The van der Waals surface area contributed by atoms with Gasteiger partial charge in [-0.3, -0.25) is 9.69 Å². The largest absolute Gasteiger partial charge is 0.573 e. The van der Waals surface area contributed by atoms with Crippen LogP contribution in [0.5, 0.6) is 5.75 Å². The fraction of sp³-hybridized carbons (Fsp3) is 0.130. The summed E-state index contributed by atoms with van der Waals surface area (Å²) < 4.78 is 43.9. The molecule has 1 fully saturated rings. The van der Waals surface area contributed by atoms with E-state index in [1.807, 2.05) is 12.1 Å². The van der Waals surface area contributed by atoms with Gasteiger partial charge >= 0.3 is 6.36 Å². The molecule has 0 saturated carbocycles. The van der Waals surface area contributed by atoms with Crippen molar-refractivity contribution in [1.29, 1.82) is 0 Å². The van der Waals surface area contributed by atoms with Gasteiger partial charge in [-0.2, -0.15) is 0 Å². The molecule has 164 valence electrons. The summed E-state index contributed by atoms with van der Waals surface area (Å²) in [5.41, 5.74) is 2.07. The molecular formula is C23H15Br2F3N2O2. The fourth-order valence-electron chi connectivity index (χ4n) is 3.49. The summed E-state index contributed by atoms with van der Waals surface area (Å²) >= 11 is 6.74. The second-order valence-electron chi connectivity index (χ2n) is 7.03. The van der Waals surface area contributed by atoms with Gasteiger partial charge < -0.3 is 4.74 Å². The lowest BCUT2D eigenvalue weighted by Gasteiger charge is -2.25. The van der Waals surface area contributed by atoms with Crippen molar-refractivity contribution in [3.05, 3.63) is 87.3 Å². The van der Waals surface area contributed by atoms with Crippen LogP contribution in [0.25, 0.3) is 0 Å². The van der Waals surface area contributed by atoms with E-state index in [0.29, 0.717) is 22.6 Å². The van der Waals surface area contributed by atoms with Crippen LogP contribution in [0, 0.1) is 0 Å². The molecule has 1 atom stereocenters. The first-order valence-corrected chi connectivity index (χ1v) is 11.1. The average molecular weight is 568 g/mol. The van der Waals surface area contributed by atoms with Crippen molar-refractivity contribution in [2.24, 2.45) is 4.99 Å². The number of ether oxygens (including phenoxy) is 1. The van der Waals surface area contributed by atoms with Gasteiger partial charge in [0.05, 0.1) is 11.7 Å². The van der Waals surface area contributed by atoms with Gasteiger partial charge in [0.25, 0.3) is 5.91 Å². The van der Waals surface area contributed by atoms with Crippen LogP contribution in [-0.2, 0) is 4.79 Å². The zero-order chi connectivity index (χ0) is 22.9. The maximum absolute atomic E-state index is 13.3. The van der Waals surface area contributed by atoms with E-state index in [1.165, 1.54) is 18.2 Å². The molecule has 0 aliphatic carbocycles. The standard InChI is InChI=1S/C23H15Br2F3N2O2/c24-15-4-8-17(9-5-15)29-20-13-21(14-2-1-3-19(12-14)32-23(26,27)28)30(22(20)31)18-10-6-16(25)7-11-18/h1-12,21H,13H2. The molecule has 32 heavy (non-hydrogen) atoms. The second-order valence-corrected chi connectivity index (χ2v) is 8.86. The number of nitrogens with zero attached hydrogens (tertiary/aromatic N) is 2. The molecule has 0 bridgehead atoms. The Bertz CT molecular complexity index is 1160. The summed E-state index contributed by atoms with van der Waals surface area (Å²) in [5, 5.41) is 0. The monoisotopic (exact) mass is 566 g/mol. The number of benzene rings is 3. The van der Waals surface area contributed by atoms with E-state index in [1.54, 1.807) is 47.4 Å². The summed E-state index contributed by atoms with van der Waals surface area (Å²) in [6.07, 6.45) is -4.57. The Hall–Kier alpha value is -2.65. The van der Waals surface area contributed by atoms with E-state index in [9.17, 15) is 18.0 Å². The van der Waals surface area contributed by atoms with Gasteiger partial charge in [0.2, 0.25) is 0 Å². The zero-order valence-corrected chi connectivity index (χ0v) is 19.5. The molecular weight excluding hydrogens is 553 g/mol. The van der Waals surface area contributed by atoms with E-state index in [0.717, 1.165) is 8.95 Å². The Balaban J connectivity index is 1.74. The summed E-state index contributed by atoms with van der Waals surface area (Å²) in [7, 11) is 0. The van der Waals surface area contributed by atoms with Gasteiger partial charge in [-0.25, -0.2) is 4.99 Å². The van der Waals surface area contributed by atoms with Crippen molar-refractivity contribution >= 4 is 54.9 Å². The molecule has 0 spiro atoms.